The number of hydrogen-bond donors (Lipinski definition) is 3. The van der Waals surface area contributed by atoms with E-state index in [1.807, 2.05) is 0 Å². The minimum atomic E-state index is -0.798. The maximum Gasteiger partial charge on any atom is 0.341 e. The average Bonchev–Trinajstić information content (AvgIpc) is 3.58. The van der Waals surface area contributed by atoms with Crippen LogP contribution in [0, 0.1) is 11.7 Å². The smallest absolute Gasteiger partial charge is 0.341 e. The number of halogens is 1. The second-order valence-electron chi connectivity index (χ2n) is 10.6. The standard InChI is InChI=1S/C26H26FN7O3/c1-26(2)21-16(24(35)37-26)8-14(9-30-21)36-25-32-22-19(15-5-12(27)6-18(29-3)20(15)31-22)23(33-25)34-10-11-4-13(34)7-17(11)28/h5-6,8-9,11,13,17,29H,4,7,10,28H2,1-3H3,(H,31,32,33)/t11-,13-,17-/m1/s1. The number of ether oxygens (including phenoxy) is 2. The van der Waals surface area contributed by atoms with Gasteiger partial charge in [-0.05, 0) is 50.8 Å². The molecule has 1 aromatic carbocycles. The van der Waals surface area contributed by atoms with E-state index in [9.17, 15) is 9.18 Å². The van der Waals surface area contributed by atoms with Gasteiger partial charge < -0.3 is 30.4 Å². The predicted molar refractivity (Wildman–Crippen MR) is 135 cm³/mol. The first-order valence-electron chi connectivity index (χ1n) is 12.4. The molecule has 0 radical (unpaired) electrons. The van der Waals surface area contributed by atoms with Crippen LogP contribution >= 0.6 is 0 Å². The molecule has 190 valence electrons. The molecule has 4 aromatic rings. The van der Waals surface area contributed by atoms with Crippen LogP contribution in [0.1, 0.15) is 42.7 Å². The first kappa shape index (κ1) is 22.2. The van der Waals surface area contributed by atoms with E-state index in [0.717, 1.165) is 30.3 Å². The Balaban J connectivity index is 1.37. The SMILES string of the molecule is CNc1cc(F)cc2c1[nH]c1nc(Oc3cnc4c(c3)C(=O)OC4(C)C)nc(N3C[C@H]4C[C@@H]3C[C@H]4N)c12. The number of nitrogens with one attached hydrogen (secondary N) is 2. The van der Waals surface area contributed by atoms with Gasteiger partial charge in [0.2, 0.25) is 0 Å². The topological polar surface area (TPSA) is 131 Å². The molecule has 1 saturated heterocycles. The van der Waals surface area contributed by atoms with E-state index in [1.165, 1.54) is 18.3 Å². The Morgan fingerprint density at radius 3 is 2.84 bits per heavy atom. The number of carbonyl (C=O) groups is 1. The van der Waals surface area contributed by atoms with Crippen LogP contribution in [0.3, 0.4) is 0 Å². The van der Waals surface area contributed by atoms with Crippen molar-refractivity contribution >= 4 is 39.4 Å². The second-order valence-corrected chi connectivity index (χ2v) is 10.6. The number of esters is 1. The lowest BCUT2D eigenvalue weighted by molar-refractivity contribution is 0.00831. The molecule has 3 aromatic heterocycles. The van der Waals surface area contributed by atoms with Crippen molar-refractivity contribution in [2.24, 2.45) is 11.7 Å². The molecule has 2 aliphatic heterocycles. The van der Waals surface area contributed by atoms with Gasteiger partial charge in [-0.1, -0.05) is 0 Å². The highest BCUT2D eigenvalue weighted by Gasteiger charge is 2.44. The molecule has 3 atom stereocenters. The zero-order chi connectivity index (χ0) is 25.6. The molecule has 10 nitrogen and oxygen atoms in total. The number of rotatable bonds is 4. The molecule has 2 bridgehead atoms. The highest BCUT2D eigenvalue weighted by Crippen LogP contribution is 2.44. The summed E-state index contributed by atoms with van der Waals surface area (Å²) in [5, 5.41) is 4.47. The Hall–Kier alpha value is -3.99. The number of fused-ring (bicyclic) bond motifs is 6. The molecule has 0 amide bonds. The molecule has 5 heterocycles. The van der Waals surface area contributed by atoms with Gasteiger partial charge in [-0.3, -0.25) is 4.98 Å². The largest absolute Gasteiger partial charge is 0.449 e. The zero-order valence-corrected chi connectivity index (χ0v) is 20.6. The fraction of sp³-hybridized carbons (Fsp3) is 0.385. The van der Waals surface area contributed by atoms with Crippen LogP contribution < -0.4 is 20.7 Å². The Labute approximate surface area is 211 Å². The lowest BCUT2D eigenvalue weighted by Crippen LogP contribution is -2.41. The molecule has 1 saturated carbocycles. The van der Waals surface area contributed by atoms with Crippen molar-refractivity contribution in [1.82, 2.24) is 19.9 Å². The normalized spacial score (nSPS) is 23.6. The van der Waals surface area contributed by atoms with Crippen molar-refractivity contribution in [3.8, 4) is 11.8 Å². The van der Waals surface area contributed by atoms with Gasteiger partial charge in [0.15, 0.2) is 0 Å². The summed E-state index contributed by atoms with van der Waals surface area (Å²) in [6.45, 7) is 4.35. The van der Waals surface area contributed by atoms with E-state index in [-0.39, 0.29) is 23.9 Å². The van der Waals surface area contributed by atoms with Crippen LogP contribution in [0.5, 0.6) is 11.8 Å². The summed E-state index contributed by atoms with van der Waals surface area (Å²) in [6.07, 6.45) is 3.40. The lowest BCUT2D eigenvalue weighted by Gasteiger charge is -2.31. The van der Waals surface area contributed by atoms with Gasteiger partial charge in [0.25, 0.3) is 0 Å². The van der Waals surface area contributed by atoms with E-state index in [0.29, 0.717) is 45.5 Å². The molecule has 4 N–H and O–H groups in total. The van der Waals surface area contributed by atoms with Crippen LogP contribution in [0.2, 0.25) is 0 Å². The summed E-state index contributed by atoms with van der Waals surface area (Å²) < 4.78 is 26.0. The van der Waals surface area contributed by atoms with Crippen molar-refractivity contribution in [1.29, 1.82) is 0 Å². The molecule has 0 spiro atoms. The van der Waals surface area contributed by atoms with Gasteiger partial charge in [0, 0.05) is 31.1 Å². The highest BCUT2D eigenvalue weighted by molar-refractivity contribution is 6.14. The number of H-pyrrole nitrogens is 1. The molecule has 1 aliphatic carbocycles. The first-order chi connectivity index (χ1) is 17.7. The summed E-state index contributed by atoms with van der Waals surface area (Å²) in [6, 6.07) is 5.05. The number of aromatic amines is 1. The summed E-state index contributed by atoms with van der Waals surface area (Å²) in [4.78, 5) is 31.8. The number of aromatic nitrogens is 4. The van der Waals surface area contributed by atoms with E-state index >= 15 is 0 Å². The van der Waals surface area contributed by atoms with Crippen molar-refractivity contribution in [2.75, 3.05) is 23.8 Å². The molecule has 11 heteroatoms. The Morgan fingerprint density at radius 1 is 1.27 bits per heavy atom. The summed E-state index contributed by atoms with van der Waals surface area (Å²) in [5.41, 5.74) is 8.31. The second kappa shape index (κ2) is 7.51. The fourth-order valence-electron chi connectivity index (χ4n) is 6.11. The monoisotopic (exact) mass is 503 g/mol. The number of nitrogens with zero attached hydrogens (tertiary/aromatic N) is 4. The number of nitrogens with two attached hydrogens (primary N) is 1. The van der Waals surface area contributed by atoms with Gasteiger partial charge in [-0.2, -0.15) is 9.97 Å². The summed E-state index contributed by atoms with van der Waals surface area (Å²) in [5.74, 6) is 0.573. The number of benzene rings is 1. The molecule has 3 aliphatic rings. The maximum absolute atomic E-state index is 14.6. The molecule has 7 rings (SSSR count). The highest BCUT2D eigenvalue weighted by atomic mass is 19.1. The average molecular weight is 504 g/mol. The van der Waals surface area contributed by atoms with Gasteiger partial charge in [-0.15, -0.1) is 0 Å². The fourth-order valence-corrected chi connectivity index (χ4v) is 6.11. The van der Waals surface area contributed by atoms with E-state index in [4.69, 9.17) is 20.2 Å². The van der Waals surface area contributed by atoms with Crippen molar-refractivity contribution in [3.05, 3.63) is 41.5 Å². The third-order valence-corrected chi connectivity index (χ3v) is 7.83. The van der Waals surface area contributed by atoms with Crippen LogP contribution in [0.4, 0.5) is 15.9 Å². The van der Waals surface area contributed by atoms with Gasteiger partial charge >= 0.3 is 12.0 Å². The molecular weight excluding hydrogens is 477 g/mol. The number of carbonyl (C=O) groups excluding carboxylic acids is 1. The lowest BCUT2D eigenvalue weighted by atomic mass is 10.0. The van der Waals surface area contributed by atoms with Crippen LogP contribution in [-0.4, -0.2) is 51.6 Å². The van der Waals surface area contributed by atoms with Crippen LogP contribution in [0.25, 0.3) is 21.9 Å². The summed E-state index contributed by atoms with van der Waals surface area (Å²) >= 11 is 0. The minimum absolute atomic E-state index is 0.0972. The van der Waals surface area contributed by atoms with Crippen molar-refractivity contribution in [2.45, 2.75) is 44.4 Å². The van der Waals surface area contributed by atoms with Gasteiger partial charge in [-0.25, -0.2) is 9.18 Å². The minimum Gasteiger partial charge on any atom is -0.449 e. The Morgan fingerprint density at radius 2 is 2.11 bits per heavy atom. The third kappa shape index (κ3) is 3.26. The molecule has 2 fully saturated rings. The quantitative estimate of drug-likeness (QED) is 0.356. The Kier molecular flexibility index (Phi) is 4.51. The first-order valence-corrected chi connectivity index (χ1v) is 12.4. The summed E-state index contributed by atoms with van der Waals surface area (Å²) in [7, 11) is 1.74. The number of cyclic esters (lactones) is 1. The van der Waals surface area contributed by atoms with Crippen LogP contribution in [0.15, 0.2) is 24.4 Å². The number of anilines is 2. The van der Waals surface area contributed by atoms with Crippen molar-refractivity contribution in [3.63, 3.8) is 0 Å². The molecule has 0 unspecified atom stereocenters. The maximum atomic E-state index is 14.6. The van der Waals surface area contributed by atoms with Crippen molar-refractivity contribution < 1.29 is 18.7 Å². The van der Waals surface area contributed by atoms with E-state index in [2.05, 4.69) is 25.2 Å². The molecule has 37 heavy (non-hydrogen) atoms. The van der Waals surface area contributed by atoms with E-state index in [1.54, 1.807) is 27.0 Å². The predicted octanol–water partition coefficient (Wildman–Crippen LogP) is 3.81. The van der Waals surface area contributed by atoms with Gasteiger partial charge in [0.05, 0.1) is 34.0 Å². The number of pyridine rings is 1. The number of hydrogen-bond acceptors (Lipinski definition) is 9. The van der Waals surface area contributed by atoms with Gasteiger partial charge in [0.1, 0.15) is 28.6 Å². The molecular formula is C26H26FN7O3. The van der Waals surface area contributed by atoms with E-state index < -0.39 is 11.6 Å². The zero-order valence-electron chi connectivity index (χ0n) is 20.6. The van der Waals surface area contributed by atoms with Crippen LogP contribution in [-0.2, 0) is 10.3 Å². The third-order valence-electron chi connectivity index (χ3n) is 7.83. The Bertz CT molecular complexity index is 1620. The number of piperidine rings is 1.